The molecule has 66 valence electrons. The molecule has 5 N–H and O–H groups in total. The molecule has 0 spiro atoms. The van der Waals surface area contributed by atoms with Gasteiger partial charge in [0.05, 0.1) is 6.54 Å². The van der Waals surface area contributed by atoms with E-state index in [0.717, 1.165) is 5.69 Å². The molecular weight excluding hydrogens is 156 g/mol. The quantitative estimate of drug-likeness (QED) is 0.467. The van der Waals surface area contributed by atoms with E-state index in [0.29, 0.717) is 0 Å². The summed E-state index contributed by atoms with van der Waals surface area (Å²) < 4.78 is 0. The third-order valence-electron chi connectivity index (χ3n) is 1.33. The largest absolute Gasteiger partial charge is 0.378 e. The van der Waals surface area contributed by atoms with Crippen LogP contribution < -0.4 is 11.1 Å². The summed E-state index contributed by atoms with van der Waals surface area (Å²) in [5.41, 5.74) is 5.73. The Hall–Kier alpha value is -1.10. The Morgan fingerprint density at radius 1 is 1.25 bits per heavy atom. The predicted octanol–water partition coefficient (Wildman–Crippen LogP) is -0.304. The van der Waals surface area contributed by atoms with Crippen LogP contribution in [0.3, 0.4) is 0 Å². The molecule has 0 radical (unpaired) electrons. The summed E-state index contributed by atoms with van der Waals surface area (Å²) in [4.78, 5) is 0. The second-order valence-corrected chi connectivity index (χ2v) is 2.60. The maximum atomic E-state index is 8.75. The number of benzene rings is 1. The molecule has 0 amide bonds. The van der Waals surface area contributed by atoms with Crippen molar-refractivity contribution in [3.05, 3.63) is 30.3 Å². The van der Waals surface area contributed by atoms with E-state index >= 15 is 0 Å². The highest BCUT2D eigenvalue weighted by Crippen LogP contribution is 2.04. The predicted molar refractivity (Wildman–Crippen MR) is 46.3 cm³/mol. The highest BCUT2D eigenvalue weighted by Gasteiger charge is 2.14. The summed E-state index contributed by atoms with van der Waals surface area (Å²) in [6, 6.07) is 9.18. The number of hydrogen-bond acceptors (Lipinski definition) is 4. The van der Waals surface area contributed by atoms with E-state index in [-0.39, 0.29) is 6.54 Å². The van der Waals surface area contributed by atoms with E-state index in [1.54, 1.807) is 0 Å². The molecule has 4 nitrogen and oxygen atoms in total. The van der Waals surface area contributed by atoms with Gasteiger partial charge in [-0.2, -0.15) is 0 Å². The van der Waals surface area contributed by atoms with Gasteiger partial charge in [-0.05, 0) is 12.1 Å². The zero-order chi connectivity index (χ0) is 9.03. The first-order valence-electron chi connectivity index (χ1n) is 3.60. The van der Waals surface area contributed by atoms with Crippen molar-refractivity contribution in [3.63, 3.8) is 0 Å². The summed E-state index contributed by atoms with van der Waals surface area (Å²) in [5.74, 6) is -2.16. The lowest BCUT2D eigenvalue weighted by molar-refractivity contribution is -0.142. The highest BCUT2D eigenvalue weighted by molar-refractivity contribution is 5.42. The molecule has 0 saturated carbocycles. The Labute approximate surface area is 70.6 Å². The average Bonchev–Trinajstić information content (AvgIpc) is 2.02. The molecule has 0 saturated heterocycles. The van der Waals surface area contributed by atoms with E-state index in [4.69, 9.17) is 15.9 Å². The molecule has 1 rings (SSSR count). The zero-order valence-corrected chi connectivity index (χ0v) is 6.57. The van der Waals surface area contributed by atoms with Crippen molar-refractivity contribution in [1.82, 2.24) is 0 Å². The van der Waals surface area contributed by atoms with Crippen molar-refractivity contribution in [2.75, 3.05) is 11.9 Å². The minimum Gasteiger partial charge on any atom is -0.378 e. The van der Waals surface area contributed by atoms with E-state index in [1.165, 1.54) is 0 Å². The van der Waals surface area contributed by atoms with Crippen LogP contribution in [-0.4, -0.2) is 22.7 Å². The number of rotatable bonds is 3. The van der Waals surface area contributed by atoms with Gasteiger partial charge in [0, 0.05) is 5.69 Å². The molecule has 0 aromatic heterocycles. The number of para-hydroxylation sites is 1. The SMILES string of the molecule is NC(O)(O)CNc1ccccc1. The molecule has 0 aliphatic rings. The molecule has 0 aliphatic heterocycles. The highest BCUT2D eigenvalue weighted by atomic mass is 16.5. The number of hydrogen-bond donors (Lipinski definition) is 4. The summed E-state index contributed by atoms with van der Waals surface area (Å²) in [5, 5.41) is 20.3. The number of aliphatic hydroxyl groups is 2. The molecule has 0 atom stereocenters. The Morgan fingerprint density at radius 2 is 1.83 bits per heavy atom. The fourth-order valence-electron chi connectivity index (χ4n) is 0.788. The van der Waals surface area contributed by atoms with Gasteiger partial charge in [0.1, 0.15) is 0 Å². The Kier molecular flexibility index (Phi) is 2.65. The van der Waals surface area contributed by atoms with Gasteiger partial charge in [-0.1, -0.05) is 18.2 Å². The van der Waals surface area contributed by atoms with Crippen molar-refractivity contribution in [2.24, 2.45) is 5.73 Å². The van der Waals surface area contributed by atoms with E-state index in [1.807, 2.05) is 30.3 Å². The van der Waals surface area contributed by atoms with E-state index in [9.17, 15) is 0 Å². The van der Waals surface area contributed by atoms with Crippen molar-refractivity contribution in [2.45, 2.75) is 5.91 Å². The molecule has 0 bridgehead atoms. The third kappa shape index (κ3) is 3.34. The maximum absolute atomic E-state index is 8.75. The minimum atomic E-state index is -2.16. The molecular formula is C8H12N2O2. The fourth-order valence-corrected chi connectivity index (χ4v) is 0.788. The molecule has 0 fully saturated rings. The summed E-state index contributed by atoms with van der Waals surface area (Å²) >= 11 is 0. The molecule has 1 aromatic rings. The summed E-state index contributed by atoms with van der Waals surface area (Å²) in [6.07, 6.45) is 0. The molecule has 12 heavy (non-hydrogen) atoms. The molecule has 0 aliphatic carbocycles. The molecule has 0 unspecified atom stereocenters. The first-order chi connectivity index (χ1) is 5.58. The van der Waals surface area contributed by atoms with Gasteiger partial charge in [0.2, 0.25) is 5.91 Å². The fraction of sp³-hybridized carbons (Fsp3) is 0.250. The lowest BCUT2D eigenvalue weighted by atomic mass is 10.3. The van der Waals surface area contributed by atoms with Crippen LogP contribution in [-0.2, 0) is 0 Å². The lowest BCUT2D eigenvalue weighted by Gasteiger charge is -2.16. The number of nitrogens with one attached hydrogen (secondary N) is 1. The van der Waals surface area contributed by atoms with Crippen LogP contribution in [0.25, 0.3) is 0 Å². The van der Waals surface area contributed by atoms with Crippen LogP contribution in [0, 0.1) is 0 Å². The van der Waals surface area contributed by atoms with E-state index in [2.05, 4.69) is 5.32 Å². The van der Waals surface area contributed by atoms with Crippen LogP contribution in [0.1, 0.15) is 0 Å². The van der Waals surface area contributed by atoms with Gasteiger partial charge in [0.15, 0.2) is 0 Å². The van der Waals surface area contributed by atoms with Crippen molar-refractivity contribution in [3.8, 4) is 0 Å². The molecule has 0 heterocycles. The van der Waals surface area contributed by atoms with Crippen LogP contribution >= 0.6 is 0 Å². The number of nitrogens with two attached hydrogens (primary N) is 1. The number of anilines is 1. The average molecular weight is 168 g/mol. The van der Waals surface area contributed by atoms with Crippen molar-refractivity contribution in [1.29, 1.82) is 0 Å². The van der Waals surface area contributed by atoms with Crippen molar-refractivity contribution >= 4 is 5.69 Å². The summed E-state index contributed by atoms with van der Waals surface area (Å²) in [6.45, 7) is -0.100. The standard InChI is InChI=1S/C8H12N2O2/c9-8(11,12)6-10-7-4-2-1-3-5-7/h1-5,10-12H,6,9H2. The molecule has 4 heteroatoms. The van der Waals surface area contributed by atoms with Crippen LogP contribution in [0.4, 0.5) is 5.69 Å². The Morgan fingerprint density at radius 3 is 2.33 bits per heavy atom. The normalized spacial score (nSPS) is 11.2. The second kappa shape index (κ2) is 3.53. The Bertz CT molecular complexity index is 231. The first kappa shape index (κ1) is 8.99. The van der Waals surface area contributed by atoms with Gasteiger partial charge in [-0.25, -0.2) is 0 Å². The topological polar surface area (TPSA) is 78.5 Å². The monoisotopic (exact) mass is 168 g/mol. The van der Waals surface area contributed by atoms with Gasteiger partial charge in [0.25, 0.3) is 0 Å². The van der Waals surface area contributed by atoms with Gasteiger partial charge < -0.3 is 15.5 Å². The van der Waals surface area contributed by atoms with Gasteiger partial charge in [-0.15, -0.1) is 0 Å². The lowest BCUT2D eigenvalue weighted by Crippen LogP contribution is -2.45. The van der Waals surface area contributed by atoms with Gasteiger partial charge in [-0.3, -0.25) is 5.73 Å². The van der Waals surface area contributed by atoms with Crippen LogP contribution in [0.15, 0.2) is 30.3 Å². The minimum absolute atomic E-state index is 0.100. The molecule has 1 aromatic carbocycles. The van der Waals surface area contributed by atoms with Gasteiger partial charge >= 0.3 is 0 Å². The van der Waals surface area contributed by atoms with Crippen molar-refractivity contribution < 1.29 is 10.2 Å². The Balaban J connectivity index is 2.44. The summed E-state index contributed by atoms with van der Waals surface area (Å²) in [7, 11) is 0. The zero-order valence-electron chi connectivity index (χ0n) is 6.57. The van der Waals surface area contributed by atoms with Crippen LogP contribution in [0.5, 0.6) is 0 Å². The van der Waals surface area contributed by atoms with Crippen LogP contribution in [0.2, 0.25) is 0 Å². The maximum Gasteiger partial charge on any atom is 0.238 e. The third-order valence-corrected chi connectivity index (χ3v) is 1.33. The second-order valence-electron chi connectivity index (χ2n) is 2.60. The van der Waals surface area contributed by atoms with E-state index < -0.39 is 5.91 Å². The smallest absolute Gasteiger partial charge is 0.238 e. The first-order valence-corrected chi connectivity index (χ1v) is 3.60.